The highest BCUT2D eigenvalue weighted by Crippen LogP contribution is 2.19. The van der Waals surface area contributed by atoms with E-state index in [1.807, 2.05) is 38.1 Å². The van der Waals surface area contributed by atoms with Gasteiger partial charge in [-0.2, -0.15) is 0 Å². The number of hydrogen-bond donors (Lipinski definition) is 2. The molecule has 2 N–H and O–H groups in total. The number of rotatable bonds is 6. The van der Waals surface area contributed by atoms with E-state index in [2.05, 4.69) is 15.5 Å². The van der Waals surface area contributed by atoms with Crippen LogP contribution < -0.4 is 15.5 Å². The number of amides is 2. The Morgan fingerprint density at radius 2 is 1.78 bits per heavy atom. The van der Waals surface area contributed by atoms with Gasteiger partial charge in [0.05, 0.1) is 19.5 Å². The highest BCUT2D eigenvalue weighted by Gasteiger charge is 2.25. The first-order chi connectivity index (χ1) is 13.0. The Hall–Kier alpha value is -2.80. The van der Waals surface area contributed by atoms with Crippen molar-refractivity contribution in [2.45, 2.75) is 19.9 Å². The zero-order valence-electron chi connectivity index (χ0n) is 15.6. The summed E-state index contributed by atoms with van der Waals surface area (Å²) in [6.07, 6.45) is 1.43. The molecule has 0 aliphatic carbocycles. The molecule has 1 aromatic heterocycles. The van der Waals surface area contributed by atoms with Gasteiger partial charge in [-0.15, -0.1) is 0 Å². The summed E-state index contributed by atoms with van der Waals surface area (Å²) in [5.74, 6) is -0.555. The summed E-state index contributed by atoms with van der Waals surface area (Å²) in [7, 11) is 0. The van der Waals surface area contributed by atoms with Crippen molar-refractivity contribution in [1.82, 2.24) is 5.32 Å². The molecule has 0 radical (unpaired) electrons. The Balaban J connectivity index is 1.62. The SMILES string of the molecule is CC(C)[C@@H](NC(=O)c1ccco1)C(=O)Nc1ccc(N2CCOCC2)cc1. The number of hydrogen-bond acceptors (Lipinski definition) is 5. The van der Waals surface area contributed by atoms with Gasteiger partial charge in [0.25, 0.3) is 5.91 Å². The van der Waals surface area contributed by atoms with Crippen LogP contribution in [0.5, 0.6) is 0 Å². The maximum Gasteiger partial charge on any atom is 0.287 e. The molecule has 144 valence electrons. The minimum atomic E-state index is -0.665. The lowest BCUT2D eigenvalue weighted by Gasteiger charge is -2.29. The number of anilines is 2. The van der Waals surface area contributed by atoms with E-state index in [-0.39, 0.29) is 17.6 Å². The zero-order valence-corrected chi connectivity index (χ0v) is 15.6. The number of ether oxygens (including phenoxy) is 1. The summed E-state index contributed by atoms with van der Waals surface area (Å²) >= 11 is 0. The molecular formula is C20H25N3O4. The lowest BCUT2D eigenvalue weighted by atomic mass is 10.0. The van der Waals surface area contributed by atoms with Gasteiger partial charge in [-0.05, 0) is 42.3 Å². The quantitative estimate of drug-likeness (QED) is 0.815. The van der Waals surface area contributed by atoms with Gasteiger partial charge < -0.3 is 24.7 Å². The van der Waals surface area contributed by atoms with Crippen molar-refractivity contribution in [3.05, 3.63) is 48.4 Å². The summed E-state index contributed by atoms with van der Waals surface area (Å²) < 4.78 is 10.5. The van der Waals surface area contributed by atoms with E-state index >= 15 is 0 Å². The molecular weight excluding hydrogens is 346 g/mol. The molecule has 1 aromatic carbocycles. The number of nitrogens with one attached hydrogen (secondary N) is 2. The molecule has 0 bridgehead atoms. The molecule has 1 atom stereocenters. The lowest BCUT2D eigenvalue weighted by Crippen LogP contribution is -2.47. The first-order valence-corrected chi connectivity index (χ1v) is 9.12. The molecule has 1 saturated heterocycles. The predicted octanol–water partition coefficient (Wildman–Crippen LogP) is 2.51. The number of nitrogens with zero attached hydrogens (tertiary/aromatic N) is 1. The normalized spacial score (nSPS) is 15.4. The summed E-state index contributed by atoms with van der Waals surface area (Å²) in [6.45, 7) is 6.94. The van der Waals surface area contributed by atoms with Crippen LogP contribution in [0.15, 0.2) is 47.1 Å². The van der Waals surface area contributed by atoms with Crippen LogP contribution in [0.25, 0.3) is 0 Å². The third-order valence-corrected chi connectivity index (χ3v) is 4.49. The van der Waals surface area contributed by atoms with Crippen LogP contribution in [0, 0.1) is 5.92 Å². The fourth-order valence-electron chi connectivity index (χ4n) is 2.95. The molecule has 1 fully saturated rings. The molecule has 27 heavy (non-hydrogen) atoms. The Morgan fingerprint density at radius 1 is 1.07 bits per heavy atom. The molecule has 1 aliphatic rings. The second-order valence-electron chi connectivity index (χ2n) is 6.81. The number of carbonyl (C=O) groups excluding carboxylic acids is 2. The highest BCUT2D eigenvalue weighted by molar-refractivity contribution is 6.00. The number of carbonyl (C=O) groups is 2. The van der Waals surface area contributed by atoms with E-state index in [0.29, 0.717) is 5.69 Å². The molecule has 2 aromatic rings. The largest absolute Gasteiger partial charge is 0.459 e. The molecule has 2 heterocycles. The van der Waals surface area contributed by atoms with Crippen molar-refractivity contribution in [2.24, 2.45) is 5.92 Å². The zero-order chi connectivity index (χ0) is 19.2. The van der Waals surface area contributed by atoms with Crippen molar-refractivity contribution in [2.75, 3.05) is 36.5 Å². The summed E-state index contributed by atoms with van der Waals surface area (Å²) in [5, 5.41) is 5.61. The third kappa shape index (κ3) is 4.89. The van der Waals surface area contributed by atoms with E-state index in [1.54, 1.807) is 12.1 Å². The van der Waals surface area contributed by atoms with Gasteiger partial charge >= 0.3 is 0 Å². The third-order valence-electron chi connectivity index (χ3n) is 4.49. The first kappa shape index (κ1) is 19.0. The Morgan fingerprint density at radius 3 is 2.37 bits per heavy atom. The molecule has 7 nitrogen and oxygen atoms in total. The summed E-state index contributed by atoms with van der Waals surface area (Å²) in [6, 6.07) is 10.2. The highest BCUT2D eigenvalue weighted by atomic mass is 16.5. The van der Waals surface area contributed by atoms with E-state index in [0.717, 1.165) is 32.0 Å². The van der Waals surface area contributed by atoms with Crippen molar-refractivity contribution >= 4 is 23.2 Å². The fraction of sp³-hybridized carbons (Fsp3) is 0.400. The van der Waals surface area contributed by atoms with Gasteiger partial charge in [-0.1, -0.05) is 13.8 Å². The fourth-order valence-corrected chi connectivity index (χ4v) is 2.95. The Bertz CT molecular complexity index is 750. The van der Waals surface area contributed by atoms with Crippen LogP contribution in [0.4, 0.5) is 11.4 Å². The van der Waals surface area contributed by atoms with E-state index < -0.39 is 11.9 Å². The topological polar surface area (TPSA) is 83.8 Å². The molecule has 0 unspecified atom stereocenters. The second-order valence-corrected chi connectivity index (χ2v) is 6.81. The average molecular weight is 371 g/mol. The van der Waals surface area contributed by atoms with Crippen molar-refractivity contribution in [3.8, 4) is 0 Å². The van der Waals surface area contributed by atoms with Crippen LogP contribution >= 0.6 is 0 Å². The lowest BCUT2D eigenvalue weighted by molar-refractivity contribution is -0.118. The number of morpholine rings is 1. The molecule has 0 saturated carbocycles. The van der Waals surface area contributed by atoms with Gasteiger partial charge in [0.15, 0.2) is 5.76 Å². The van der Waals surface area contributed by atoms with Crippen LogP contribution in [0.2, 0.25) is 0 Å². The molecule has 7 heteroatoms. The van der Waals surface area contributed by atoms with E-state index in [9.17, 15) is 9.59 Å². The van der Waals surface area contributed by atoms with Gasteiger partial charge in [0.1, 0.15) is 6.04 Å². The Labute approximate surface area is 158 Å². The minimum Gasteiger partial charge on any atom is -0.459 e. The van der Waals surface area contributed by atoms with Gasteiger partial charge in [-0.3, -0.25) is 9.59 Å². The molecule has 0 spiro atoms. The second kappa shape index (κ2) is 8.73. The van der Waals surface area contributed by atoms with Crippen LogP contribution in [0.1, 0.15) is 24.4 Å². The average Bonchev–Trinajstić information content (AvgIpc) is 3.22. The number of benzene rings is 1. The van der Waals surface area contributed by atoms with Crippen LogP contribution in [0.3, 0.4) is 0 Å². The molecule has 3 rings (SSSR count). The minimum absolute atomic E-state index is 0.0727. The van der Waals surface area contributed by atoms with Gasteiger partial charge in [0, 0.05) is 24.5 Å². The maximum atomic E-state index is 12.7. The Kier molecular flexibility index (Phi) is 6.13. The van der Waals surface area contributed by atoms with E-state index in [4.69, 9.17) is 9.15 Å². The van der Waals surface area contributed by atoms with Gasteiger partial charge in [0.2, 0.25) is 5.91 Å². The van der Waals surface area contributed by atoms with Gasteiger partial charge in [-0.25, -0.2) is 0 Å². The standard InChI is InChI=1S/C20H25N3O4/c1-14(2)18(22-19(24)17-4-3-11-27-17)20(25)21-15-5-7-16(8-6-15)23-9-12-26-13-10-23/h3-8,11,14,18H,9-10,12-13H2,1-2H3,(H,21,25)(H,22,24)/t18-/m1/s1. The number of furan rings is 1. The van der Waals surface area contributed by atoms with Crippen molar-refractivity contribution < 1.29 is 18.7 Å². The predicted molar refractivity (Wildman–Crippen MR) is 103 cm³/mol. The summed E-state index contributed by atoms with van der Waals surface area (Å²) in [5.41, 5.74) is 1.79. The monoisotopic (exact) mass is 371 g/mol. The maximum absolute atomic E-state index is 12.7. The summed E-state index contributed by atoms with van der Waals surface area (Å²) in [4.78, 5) is 27.1. The van der Waals surface area contributed by atoms with Crippen LogP contribution in [-0.4, -0.2) is 44.2 Å². The smallest absolute Gasteiger partial charge is 0.287 e. The molecule has 1 aliphatic heterocycles. The van der Waals surface area contributed by atoms with Crippen LogP contribution in [-0.2, 0) is 9.53 Å². The first-order valence-electron chi connectivity index (χ1n) is 9.12. The van der Waals surface area contributed by atoms with E-state index in [1.165, 1.54) is 6.26 Å². The molecule has 2 amide bonds. The van der Waals surface area contributed by atoms with Crippen molar-refractivity contribution in [1.29, 1.82) is 0 Å². The van der Waals surface area contributed by atoms with Crippen molar-refractivity contribution in [3.63, 3.8) is 0 Å².